The second-order valence-electron chi connectivity index (χ2n) is 3.84. The van der Waals surface area contributed by atoms with Crippen molar-refractivity contribution in [2.45, 2.75) is 23.3 Å². The first-order chi connectivity index (χ1) is 8.20. The fourth-order valence-corrected chi connectivity index (χ4v) is 2.86. The zero-order valence-electron chi connectivity index (χ0n) is 9.61. The number of hydrogen-bond donors (Lipinski definition) is 1. The van der Waals surface area contributed by atoms with E-state index in [1.807, 2.05) is 12.1 Å². The molecule has 2 aromatic rings. The Labute approximate surface area is 111 Å². The molecule has 0 heterocycles. The molecule has 0 bridgehead atoms. The van der Waals surface area contributed by atoms with Gasteiger partial charge in [0.25, 0.3) is 0 Å². The summed E-state index contributed by atoms with van der Waals surface area (Å²) in [5, 5.41) is 0.740. The van der Waals surface area contributed by atoms with Gasteiger partial charge in [-0.2, -0.15) is 0 Å². The van der Waals surface area contributed by atoms with Gasteiger partial charge in [0, 0.05) is 21.4 Å². The standard InChI is InChI=1S/C14H14ClNS/c1-10-5-7-11(8-6-10)17-14-4-2-3-13(15)12(14)9-16/h2-8H,9,16H2,1H3. The van der Waals surface area contributed by atoms with Gasteiger partial charge in [0.2, 0.25) is 0 Å². The van der Waals surface area contributed by atoms with Crippen molar-refractivity contribution in [3.8, 4) is 0 Å². The lowest BCUT2D eigenvalue weighted by atomic mass is 10.2. The van der Waals surface area contributed by atoms with E-state index in [0.29, 0.717) is 6.54 Å². The maximum atomic E-state index is 6.13. The Kier molecular flexibility index (Phi) is 4.11. The molecule has 0 saturated heterocycles. The molecule has 0 aliphatic carbocycles. The van der Waals surface area contributed by atoms with E-state index in [0.717, 1.165) is 15.5 Å². The third-order valence-electron chi connectivity index (χ3n) is 2.53. The lowest BCUT2D eigenvalue weighted by Crippen LogP contribution is -1.99. The first kappa shape index (κ1) is 12.5. The Morgan fingerprint density at radius 3 is 2.47 bits per heavy atom. The topological polar surface area (TPSA) is 26.0 Å². The van der Waals surface area contributed by atoms with Crippen LogP contribution in [0.25, 0.3) is 0 Å². The van der Waals surface area contributed by atoms with Gasteiger partial charge in [-0.05, 0) is 36.8 Å². The average molecular weight is 264 g/mol. The Morgan fingerprint density at radius 1 is 1.12 bits per heavy atom. The van der Waals surface area contributed by atoms with Gasteiger partial charge in [-0.3, -0.25) is 0 Å². The SMILES string of the molecule is Cc1ccc(Sc2cccc(Cl)c2CN)cc1. The van der Waals surface area contributed by atoms with Gasteiger partial charge in [0.15, 0.2) is 0 Å². The van der Waals surface area contributed by atoms with Gasteiger partial charge >= 0.3 is 0 Å². The fourth-order valence-electron chi connectivity index (χ4n) is 1.57. The highest BCUT2D eigenvalue weighted by molar-refractivity contribution is 7.99. The number of rotatable bonds is 3. The van der Waals surface area contributed by atoms with Crippen LogP contribution in [0.15, 0.2) is 52.3 Å². The van der Waals surface area contributed by atoms with Gasteiger partial charge in [0.05, 0.1) is 0 Å². The number of hydrogen-bond acceptors (Lipinski definition) is 2. The van der Waals surface area contributed by atoms with Crippen molar-refractivity contribution < 1.29 is 0 Å². The minimum absolute atomic E-state index is 0.466. The molecule has 0 aliphatic heterocycles. The molecular formula is C14H14ClNS. The summed E-state index contributed by atoms with van der Waals surface area (Å²) in [6.07, 6.45) is 0. The number of halogens is 1. The van der Waals surface area contributed by atoms with Crippen LogP contribution in [-0.2, 0) is 6.54 Å². The molecule has 0 spiro atoms. The molecule has 0 atom stereocenters. The molecule has 88 valence electrons. The van der Waals surface area contributed by atoms with Crippen LogP contribution in [0.5, 0.6) is 0 Å². The monoisotopic (exact) mass is 263 g/mol. The van der Waals surface area contributed by atoms with Crippen LogP contribution in [0.4, 0.5) is 0 Å². The van der Waals surface area contributed by atoms with Crippen molar-refractivity contribution in [1.29, 1.82) is 0 Å². The molecule has 0 fully saturated rings. The summed E-state index contributed by atoms with van der Waals surface area (Å²) in [6.45, 7) is 2.55. The molecule has 17 heavy (non-hydrogen) atoms. The molecule has 0 amide bonds. The van der Waals surface area contributed by atoms with E-state index >= 15 is 0 Å². The molecule has 2 N–H and O–H groups in total. The van der Waals surface area contributed by atoms with E-state index in [1.54, 1.807) is 11.8 Å². The van der Waals surface area contributed by atoms with E-state index < -0.39 is 0 Å². The van der Waals surface area contributed by atoms with Crippen molar-refractivity contribution in [3.05, 3.63) is 58.6 Å². The molecule has 0 aromatic heterocycles. The molecule has 3 heteroatoms. The Hall–Kier alpha value is -0.960. The van der Waals surface area contributed by atoms with E-state index in [-0.39, 0.29) is 0 Å². The van der Waals surface area contributed by atoms with Crippen LogP contribution in [0.1, 0.15) is 11.1 Å². The first-order valence-electron chi connectivity index (χ1n) is 5.42. The smallest absolute Gasteiger partial charge is 0.0462 e. The van der Waals surface area contributed by atoms with Gasteiger partial charge in [-0.25, -0.2) is 0 Å². The molecule has 0 aliphatic rings. The van der Waals surface area contributed by atoms with Crippen LogP contribution in [-0.4, -0.2) is 0 Å². The second-order valence-corrected chi connectivity index (χ2v) is 5.36. The van der Waals surface area contributed by atoms with E-state index in [4.69, 9.17) is 17.3 Å². The summed E-state index contributed by atoms with van der Waals surface area (Å²) in [6, 6.07) is 14.3. The summed E-state index contributed by atoms with van der Waals surface area (Å²) in [7, 11) is 0. The van der Waals surface area contributed by atoms with Crippen LogP contribution < -0.4 is 5.73 Å². The lowest BCUT2D eigenvalue weighted by molar-refractivity contribution is 1.03. The Morgan fingerprint density at radius 2 is 1.82 bits per heavy atom. The molecule has 2 rings (SSSR count). The van der Waals surface area contributed by atoms with Gasteiger partial charge < -0.3 is 5.73 Å². The summed E-state index contributed by atoms with van der Waals surface area (Å²) < 4.78 is 0. The van der Waals surface area contributed by atoms with E-state index in [9.17, 15) is 0 Å². The minimum Gasteiger partial charge on any atom is -0.326 e. The third-order valence-corrected chi connectivity index (χ3v) is 3.99. The number of benzene rings is 2. The maximum Gasteiger partial charge on any atom is 0.0462 e. The van der Waals surface area contributed by atoms with E-state index in [1.165, 1.54) is 10.5 Å². The molecule has 0 radical (unpaired) electrons. The van der Waals surface area contributed by atoms with Crippen molar-refractivity contribution in [3.63, 3.8) is 0 Å². The highest BCUT2D eigenvalue weighted by Crippen LogP contribution is 2.33. The largest absolute Gasteiger partial charge is 0.326 e. The summed E-state index contributed by atoms with van der Waals surface area (Å²) in [5.41, 5.74) is 8.01. The average Bonchev–Trinajstić information content (AvgIpc) is 2.32. The van der Waals surface area contributed by atoms with Crippen LogP contribution >= 0.6 is 23.4 Å². The van der Waals surface area contributed by atoms with Crippen LogP contribution in [0, 0.1) is 6.92 Å². The summed E-state index contributed by atoms with van der Waals surface area (Å²) in [5.74, 6) is 0. The highest BCUT2D eigenvalue weighted by Gasteiger charge is 2.06. The van der Waals surface area contributed by atoms with Crippen molar-refractivity contribution >= 4 is 23.4 Å². The normalized spacial score (nSPS) is 10.5. The first-order valence-corrected chi connectivity index (χ1v) is 6.62. The molecule has 1 nitrogen and oxygen atoms in total. The van der Waals surface area contributed by atoms with Crippen LogP contribution in [0.2, 0.25) is 5.02 Å². The Balaban J connectivity index is 2.29. The maximum absolute atomic E-state index is 6.13. The van der Waals surface area contributed by atoms with Crippen molar-refractivity contribution in [2.75, 3.05) is 0 Å². The summed E-state index contributed by atoms with van der Waals surface area (Å²) >= 11 is 7.82. The zero-order valence-corrected chi connectivity index (χ0v) is 11.2. The van der Waals surface area contributed by atoms with Crippen LogP contribution in [0.3, 0.4) is 0 Å². The highest BCUT2D eigenvalue weighted by atomic mass is 35.5. The molecule has 0 saturated carbocycles. The van der Waals surface area contributed by atoms with Gasteiger partial charge in [0.1, 0.15) is 0 Å². The second kappa shape index (κ2) is 5.58. The van der Waals surface area contributed by atoms with Gasteiger partial charge in [-0.15, -0.1) is 0 Å². The number of nitrogens with two attached hydrogens (primary N) is 1. The fraction of sp³-hybridized carbons (Fsp3) is 0.143. The Bertz CT molecular complexity index is 508. The predicted molar refractivity (Wildman–Crippen MR) is 74.6 cm³/mol. The number of aryl methyl sites for hydroxylation is 1. The molecular weight excluding hydrogens is 250 g/mol. The predicted octanol–water partition coefficient (Wildman–Crippen LogP) is 4.26. The van der Waals surface area contributed by atoms with Crippen molar-refractivity contribution in [1.82, 2.24) is 0 Å². The quantitative estimate of drug-likeness (QED) is 0.896. The summed E-state index contributed by atoms with van der Waals surface area (Å²) in [4.78, 5) is 2.33. The molecule has 0 unspecified atom stereocenters. The third kappa shape index (κ3) is 3.03. The zero-order chi connectivity index (χ0) is 12.3. The molecule has 2 aromatic carbocycles. The van der Waals surface area contributed by atoms with Gasteiger partial charge in [-0.1, -0.05) is 47.1 Å². The van der Waals surface area contributed by atoms with E-state index in [2.05, 4.69) is 37.3 Å². The lowest BCUT2D eigenvalue weighted by Gasteiger charge is -2.09. The van der Waals surface area contributed by atoms with Crippen molar-refractivity contribution in [2.24, 2.45) is 5.73 Å². The minimum atomic E-state index is 0.466.